The van der Waals surface area contributed by atoms with Gasteiger partial charge < -0.3 is 16.0 Å². The van der Waals surface area contributed by atoms with Crippen molar-refractivity contribution in [1.29, 1.82) is 5.26 Å². The Balaban J connectivity index is 1.87. The smallest absolute Gasteiger partial charge is 0.263 e. The third-order valence-corrected chi connectivity index (χ3v) is 3.61. The summed E-state index contributed by atoms with van der Waals surface area (Å²) in [5.41, 5.74) is -0.656. The predicted octanol–water partition coefficient (Wildman–Crippen LogP) is 0.806. The maximum Gasteiger partial charge on any atom is 0.263 e. The zero-order valence-electron chi connectivity index (χ0n) is 13.1. The maximum absolute atomic E-state index is 13.5. The van der Waals surface area contributed by atoms with E-state index in [0.29, 0.717) is 13.1 Å². The Kier molecular flexibility index (Phi) is 6.66. The molecule has 0 aromatic heterocycles. The number of anilines is 1. The number of nitrogens with one attached hydrogen (secondary N) is 3. The molecule has 0 saturated carbocycles. The first-order valence-electron chi connectivity index (χ1n) is 7.64. The quantitative estimate of drug-likeness (QED) is 0.529. The lowest BCUT2D eigenvalue weighted by atomic mass is 10.2. The Morgan fingerprint density at radius 1 is 1.33 bits per heavy atom. The molecule has 0 unspecified atom stereocenters. The number of nitrogens with zero attached hydrogens (tertiary/aromatic N) is 2. The topological polar surface area (TPSA) is 80.2 Å². The Morgan fingerprint density at radius 2 is 2.00 bits per heavy atom. The zero-order valence-corrected chi connectivity index (χ0v) is 13.1. The van der Waals surface area contributed by atoms with Crippen LogP contribution in [-0.2, 0) is 4.79 Å². The van der Waals surface area contributed by atoms with E-state index in [4.69, 9.17) is 5.26 Å². The molecule has 0 radical (unpaired) electrons. The van der Waals surface area contributed by atoms with Crippen molar-refractivity contribution in [2.45, 2.75) is 0 Å². The summed E-state index contributed by atoms with van der Waals surface area (Å²) in [4.78, 5) is 14.1. The van der Waals surface area contributed by atoms with Gasteiger partial charge in [0.2, 0.25) is 0 Å². The summed E-state index contributed by atoms with van der Waals surface area (Å²) in [6.45, 7) is 4.72. The fourth-order valence-electron chi connectivity index (χ4n) is 2.29. The maximum atomic E-state index is 13.5. The number of halogens is 2. The molecule has 0 aliphatic carbocycles. The van der Waals surface area contributed by atoms with Gasteiger partial charge in [0, 0.05) is 45.5 Å². The van der Waals surface area contributed by atoms with E-state index in [0.717, 1.165) is 44.5 Å². The van der Waals surface area contributed by atoms with Gasteiger partial charge in [0.05, 0.1) is 0 Å². The van der Waals surface area contributed by atoms with Gasteiger partial charge in [-0.2, -0.15) is 5.26 Å². The van der Waals surface area contributed by atoms with Crippen LogP contribution in [0.5, 0.6) is 0 Å². The van der Waals surface area contributed by atoms with Gasteiger partial charge >= 0.3 is 0 Å². The van der Waals surface area contributed by atoms with Crippen molar-refractivity contribution in [3.8, 4) is 6.07 Å². The highest BCUT2D eigenvalue weighted by Gasteiger charge is 2.13. The molecule has 1 aromatic carbocycles. The summed E-state index contributed by atoms with van der Waals surface area (Å²) >= 11 is 0. The first-order valence-corrected chi connectivity index (χ1v) is 7.64. The van der Waals surface area contributed by atoms with Crippen molar-refractivity contribution in [3.05, 3.63) is 41.6 Å². The summed E-state index contributed by atoms with van der Waals surface area (Å²) < 4.78 is 27.0. The number of piperazine rings is 1. The molecule has 0 atom stereocenters. The van der Waals surface area contributed by atoms with Crippen LogP contribution in [0.15, 0.2) is 30.0 Å². The van der Waals surface area contributed by atoms with Crippen LogP contribution in [0, 0.1) is 23.0 Å². The van der Waals surface area contributed by atoms with Crippen LogP contribution in [0.4, 0.5) is 14.5 Å². The summed E-state index contributed by atoms with van der Waals surface area (Å²) in [6.07, 6.45) is 1.00. The lowest BCUT2D eigenvalue weighted by Crippen LogP contribution is -2.46. The SMILES string of the molecule is N#C/C(=C/Nc1c(F)cccc1F)C(=O)NCCN1CCNCC1. The molecular formula is C16H19F2N5O. The van der Waals surface area contributed by atoms with E-state index >= 15 is 0 Å². The summed E-state index contributed by atoms with van der Waals surface area (Å²) in [5, 5.41) is 17.2. The second kappa shape index (κ2) is 8.96. The number of rotatable bonds is 6. The number of amides is 1. The number of para-hydroxylation sites is 1. The molecule has 24 heavy (non-hydrogen) atoms. The lowest BCUT2D eigenvalue weighted by molar-refractivity contribution is -0.117. The van der Waals surface area contributed by atoms with Crippen LogP contribution in [0.3, 0.4) is 0 Å². The molecule has 8 heteroatoms. The van der Waals surface area contributed by atoms with Crippen LogP contribution in [0.1, 0.15) is 0 Å². The van der Waals surface area contributed by atoms with Crippen LogP contribution < -0.4 is 16.0 Å². The molecule has 1 heterocycles. The highest BCUT2D eigenvalue weighted by molar-refractivity contribution is 5.97. The summed E-state index contributed by atoms with van der Waals surface area (Å²) in [7, 11) is 0. The van der Waals surface area contributed by atoms with Crippen LogP contribution in [0.2, 0.25) is 0 Å². The standard InChI is InChI=1S/C16H19F2N5O/c17-13-2-1-3-14(18)15(13)22-11-12(10-19)16(24)21-6-9-23-7-4-20-5-8-23/h1-3,11,20,22H,4-9H2,(H,21,24)/b12-11-. The molecule has 1 aliphatic rings. The van der Waals surface area contributed by atoms with E-state index in [1.807, 2.05) is 0 Å². The molecular weight excluding hydrogens is 316 g/mol. The number of hydrogen-bond acceptors (Lipinski definition) is 5. The molecule has 1 amide bonds. The van der Waals surface area contributed by atoms with E-state index in [9.17, 15) is 13.6 Å². The summed E-state index contributed by atoms with van der Waals surface area (Å²) in [6, 6.07) is 5.11. The van der Waals surface area contributed by atoms with E-state index < -0.39 is 23.2 Å². The second-order valence-corrected chi connectivity index (χ2v) is 5.26. The molecule has 0 spiro atoms. The van der Waals surface area contributed by atoms with Crippen molar-refractivity contribution in [1.82, 2.24) is 15.5 Å². The van der Waals surface area contributed by atoms with Crippen molar-refractivity contribution in [2.75, 3.05) is 44.6 Å². The fraction of sp³-hybridized carbons (Fsp3) is 0.375. The van der Waals surface area contributed by atoms with Gasteiger partial charge in [0.15, 0.2) is 0 Å². The van der Waals surface area contributed by atoms with E-state index in [2.05, 4.69) is 20.9 Å². The first-order chi connectivity index (χ1) is 11.6. The molecule has 1 fully saturated rings. The van der Waals surface area contributed by atoms with Gasteiger partial charge in [-0.25, -0.2) is 8.78 Å². The minimum atomic E-state index is -0.803. The number of nitriles is 1. The normalized spacial score (nSPS) is 15.6. The fourth-order valence-corrected chi connectivity index (χ4v) is 2.29. The van der Waals surface area contributed by atoms with Crippen molar-refractivity contribution >= 4 is 11.6 Å². The molecule has 0 bridgehead atoms. The third-order valence-electron chi connectivity index (χ3n) is 3.61. The Hall–Kier alpha value is -2.50. The Morgan fingerprint density at radius 3 is 2.62 bits per heavy atom. The average molecular weight is 335 g/mol. The number of benzene rings is 1. The van der Waals surface area contributed by atoms with Gasteiger partial charge in [-0.3, -0.25) is 9.69 Å². The Bertz CT molecular complexity index is 630. The van der Waals surface area contributed by atoms with E-state index in [1.54, 1.807) is 6.07 Å². The number of hydrogen-bond donors (Lipinski definition) is 3. The molecule has 3 N–H and O–H groups in total. The minimum Gasteiger partial charge on any atom is -0.355 e. The Labute approximate surface area is 139 Å². The number of carbonyl (C=O) groups is 1. The summed E-state index contributed by atoms with van der Waals surface area (Å²) in [5.74, 6) is -2.19. The lowest BCUT2D eigenvalue weighted by Gasteiger charge is -2.27. The molecule has 128 valence electrons. The highest BCUT2D eigenvalue weighted by Crippen LogP contribution is 2.18. The van der Waals surface area contributed by atoms with Gasteiger partial charge in [-0.05, 0) is 12.1 Å². The van der Waals surface area contributed by atoms with Gasteiger partial charge in [0.25, 0.3) is 5.91 Å². The molecule has 1 saturated heterocycles. The third kappa shape index (κ3) is 5.01. The average Bonchev–Trinajstić information content (AvgIpc) is 2.58. The minimum absolute atomic E-state index is 0.252. The molecule has 6 nitrogen and oxygen atoms in total. The van der Waals surface area contributed by atoms with E-state index in [-0.39, 0.29) is 5.57 Å². The zero-order chi connectivity index (χ0) is 17.4. The van der Waals surface area contributed by atoms with Crippen molar-refractivity contribution in [2.24, 2.45) is 0 Å². The monoisotopic (exact) mass is 335 g/mol. The van der Waals surface area contributed by atoms with Crippen molar-refractivity contribution < 1.29 is 13.6 Å². The first kappa shape index (κ1) is 17.8. The highest BCUT2D eigenvalue weighted by atomic mass is 19.1. The second-order valence-electron chi connectivity index (χ2n) is 5.26. The van der Waals surface area contributed by atoms with Crippen LogP contribution in [-0.4, -0.2) is 50.1 Å². The molecule has 1 aliphatic heterocycles. The van der Waals surface area contributed by atoms with E-state index in [1.165, 1.54) is 6.07 Å². The van der Waals surface area contributed by atoms with Gasteiger partial charge in [0.1, 0.15) is 29.0 Å². The van der Waals surface area contributed by atoms with Gasteiger partial charge in [-0.15, -0.1) is 0 Å². The van der Waals surface area contributed by atoms with Crippen LogP contribution in [0.25, 0.3) is 0 Å². The van der Waals surface area contributed by atoms with Crippen LogP contribution >= 0.6 is 0 Å². The predicted molar refractivity (Wildman–Crippen MR) is 86.0 cm³/mol. The number of carbonyl (C=O) groups excluding carboxylic acids is 1. The van der Waals surface area contributed by atoms with Gasteiger partial charge in [-0.1, -0.05) is 6.07 Å². The molecule has 2 rings (SSSR count). The van der Waals surface area contributed by atoms with Crippen molar-refractivity contribution in [3.63, 3.8) is 0 Å². The largest absolute Gasteiger partial charge is 0.355 e. The molecule has 1 aromatic rings.